The Hall–Kier alpha value is -0.896. The molecule has 0 amide bonds. The summed E-state index contributed by atoms with van der Waals surface area (Å²) in [5.41, 5.74) is -0.0135. The maximum absolute atomic E-state index is 14.6. The third-order valence-corrected chi connectivity index (χ3v) is 19.1. The topological polar surface area (TPSA) is 9.23 Å². The van der Waals surface area contributed by atoms with E-state index in [1.54, 1.807) is 0 Å². The predicted octanol–water partition coefficient (Wildman–Crippen LogP) is 9.99. The molecule has 0 spiro atoms. The lowest BCUT2D eigenvalue weighted by Crippen LogP contribution is -2.47. The standard InChI is InChI=1S/C25H43F5OSi2/c1-7-11-12-13-14-15-16-33(19(5)6,18-17-32(8-2,9-3)10-4)31-25-23(29)21(27)20(26)22(28)24(25)30/h19H,7-18H2,1-6H3. The van der Waals surface area contributed by atoms with Gasteiger partial charge in [0.25, 0.3) is 8.32 Å². The molecule has 33 heavy (non-hydrogen) atoms. The Morgan fingerprint density at radius 3 is 1.52 bits per heavy atom. The van der Waals surface area contributed by atoms with Crippen molar-refractivity contribution in [1.82, 2.24) is 0 Å². The second-order valence-corrected chi connectivity index (χ2v) is 19.9. The lowest BCUT2D eigenvalue weighted by Gasteiger charge is -2.39. The second-order valence-electron chi connectivity index (χ2n) is 9.80. The first-order chi connectivity index (χ1) is 15.5. The van der Waals surface area contributed by atoms with Gasteiger partial charge in [-0.2, -0.15) is 8.78 Å². The fourth-order valence-corrected chi connectivity index (χ4v) is 14.4. The van der Waals surface area contributed by atoms with E-state index < -0.39 is 51.2 Å². The lowest BCUT2D eigenvalue weighted by molar-refractivity contribution is 0.341. The summed E-state index contributed by atoms with van der Waals surface area (Å²) in [6.07, 6.45) is 6.37. The van der Waals surface area contributed by atoms with Gasteiger partial charge in [0.2, 0.25) is 29.1 Å². The van der Waals surface area contributed by atoms with Crippen LogP contribution in [0.2, 0.25) is 41.8 Å². The van der Waals surface area contributed by atoms with Crippen LogP contribution in [0.1, 0.15) is 80.1 Å². The zero-order chi connectivity index (χ0) is 25.2. The minimum absolute atomic E-state index is 0.0135. The first-order valence-electron chi connectivity index (χ1n) is 12.7. The Balaban J connectivity index is 3.32. The molecule has 8 heteroatoms. The molecule has 0 heterocycles. The summed E-state index contributed by atoms with van der Waals surface area (Å²) in [4.78, 5) is 0. The van der Waals surface area contributed by atoms with E-state index in [-0.39, 0.29) is 5.54 Å². The van der Waals surface area contributed by atoms with Crippen LogP contribution in [-0.2, 0) is 0 Å². The third-order valence-electron chi connectivity index (χ3n) is 7.81. The van der Waals surface area contributed by atoms with Gasteiger partial charge in [-0.3, -0.25) is 0 Å². The number of unbranched alkanes of at least 4 members (excludes halogenated alkanes) is 5. The van der Waals surface area contributed by atoms with Crippen LogP contribution in [-0.4, -0.2) is 16.4 Å². The van der Waals surface area contributed by atoms with Crippen molar-refractivity contribution in [2.45, 2.75) is 122 Å². The van der Waals surface area contributed by atoms with E-state index in [0.29, 0.717) is 12.1 Å². The van der Waals surface area contributed by atoms with Crippen molar-refractivity contribution in [3.8, 4) is 5.75 Å². The molecule has 0 aliphatic rings. The Morgan fingerprint density at radius 1 is 0.606 bits per heavy atom. The van der Waals surface area contributed by atoms with Crippen LogP contribution in [0.5, 0.6) is 5.75 Å². The number of hydrogen-bond donors (Lipinski definition) is 0. The Bertz CT molecular complexity index is 703. The van der Waals surface area contributed by atoms with Gasteiger partial charge < -0.3 is 4.43 Å². The summed E-state index contributed by atoms with van der Waals surface area (Å²) < 4.78 is 76.7. The summed E-state index contributed by atoms with van der Waals surface area (Å²) in [6, 6.07) is 5.66. The molecule has 1 aromatic carbocycles. The molecule has 192 valence electrons. The molecule has 0 radical (unpaired) electrons. The highest BCUT2D eigenvalue weighted by molar-refractivity contribution is 6.83. The molecule has 0 saturated carbocycles. The van der Waals surface area contributed by atoms with Crippen molar-refractivity contribution in [3.05, 3.63) is 29.1 Å². The van der Waals surface area contributed by atoms with Gasteiger partial charge >= 0.3 is 0 Å². The summed E-state index contributed by atoms with van der Waals surface area (Å²) in [5, 5.41) is 0. The molecule has 1 aromatic rings. The molecule has 1 unspecified atom stereocenters. The molecule has 0 N–H and O–H groups in total. The predicted molar refractivity (Wildman–Crippen MR) is 133 cm³/mol. The lowest BCUT2D eigenvalue weighted by atomic mass is 10.1. The molecule has 1 atom stereocenters. The summed E-state index contributed by atoms with van der Waals surface area (Å²) in [5.74, 6) is -10.8. The van der Waals surface area contributed by atoms with Gasteiger partial charge in [0.1, 0.15) is 0 Å². The number of benzene rings is 1. The van der Waals surface area contributed by atoms with Gasteiger partial charge in [-0.05, 0) is 17.6 Å². The average Bonchev–Trinajstić information content (AvgIpc) is 2.81. The zero-order valence-corrected chi connectivity index (χ0v) is 23.4. The molecule has 1 rings (SSSR count). The van der Waals surface area contributed by atoms with Crippen LogP contribution in [0.4, 0.5) is 22.0 Å². The smallest absolute Gasteiger partial charge is 0.253 e. The quantitative estimate of drug-likeness (QED) is 0.0707. The molecule has 0 aliphatic carbocycles. The van der Waals surface area contributed by atoms with Gasteiger partial charge in [0.15, 0.2) is 5.75 Å². The monoisotopic (exact) mass is 510 g/mol. The second kappa shape index (κ2) is 13.9. The van der Waals surface area contributed by atoms with Crippen molar-refractivity contribution in [2.24, 2.45) is 0 Å². The molecule has 0 aliphatic heterocycles. The van der Waals surface area contributed by atoms with Gasteiger partial charge in [-0.25, -0.2) is 13.2 Å². The van der Waals surface area contributed by atoms with E-state index in [4.69, 9.17) is 4.43 Å². The molecule has 0 saturated heterocycles. The van der Waals surface area contributed by atoms with Crippen LogP contribution in [0.3, 0.4) is 0 Å². The maximum Gasteiger partial charge on any atom is 0.253 e. The van der Waals surface area contributed by atoms with E-state index in [2.05, 4.69) is 27.7 Å². The Morgan fingerprint density at radius 2 is 1.06 bits per heavy atom. The van der Waals surface area contributed by atoms with Gasteiger partial charge in [0, 0.05) is 0 Å². The first kappa shape index (κ1) is 30.1. The fourth-order valence-electron chi connectivity index (χ4n) is 4.76. The minimum Gasteiger partial charge on any atom is -0.539 e. The SMILES string of the molecule is CCCCCCCC[Si](CC[Si](CC)(CC)CC)(Oc1c(F)c(F)c(F)c(F)c1F)C(C)C. The van der Waals surface area contributed by atoms with E-state index in [1.807, 2.05) is 13.8 Å². The van der Waals surface area contributed by atoms with E-state index in [0.717, 1.165) is 56.3 Å². The normalized spacial score (nSPS) is 14.1. The zero-order valence-electron chi connectivity index (χ0n) is 21.4. The molecular formula is C25H43F5OSi2. The molecule has 0 aromatic heterocycles. The third kappa shape index (κ3) is 7.54. The minimum atomic E-state index is -2.87. The van der Waals surface area contributed by atoms with E-state index >= 15 is 0 Å². The highest BCUT2D eigenvalue weighted by Gasteiger charge is 2.44. The first-order valence-corrected chi connectivity index (χ1v) is 18.0. The van der Waals surface area contributed by atoms with Crippen molar-refractivity contribution in [3.63, 3.8) is 0 Å². The van der Waals surface area contributed by atoms with Crippen molar-refractivity contribution >= 4 is 16.4 Å². The number of hydrogen-bond acceptors (Lipinski definition) is 1. The van der Waals surface area contributed by atoms with Crippen LogP contribution in [0.15, 0.2) is 0 Å². The number of rotatable bonds is 16. The van der Waals surface area contributed by atoms with Crippen molar-refractivity contribution < 1.29 is 26.4 Å². The van der Waals surface area contributed by atoms with Gasteiger partial charge in [0.05, 0.1) is 8.07 Å². The average molecular weight is 511 g/mol. The highest BCUT2D eigenvalue weighted by Crippen LogP contribution is 2.41. The van der Waals surface area contributed by atoms with Crippen LogP contribution < -0.4 is 4.43 Å². The van der Waals surface area contributed by atoms with Gasteiger partial charge in [-0.1, -0.05) is 104 Å². The van der Waals surface area contributed by atoms with Crippen molar-refractivity contribution in [2.75, 3.05) is 0 Å². The van der Waals surface area contributed by atoms with E-state index in [1.165, 1.54) is 6.42 Å². The van der Waals surface area contributed by atoms with Crippen molar-refractivity contribution in [1.29, 1.82) is 0 Å². The van der Waals surface area contributed by atoms with Crippen LogP contribution >= 0.6 is 0 Å². The Kier molecular flexibility index (Phi) is 12.7. The number of halogens is 5. The van der Waals surface area contributed by atoms with Gasteiger partial charge in [-0.15, -0.1) is 0 Å². The molecular weight excluding hydrogens is 467 g/mol. The largest absolute Gasteiger partial charge is 0.539 e. The molecule has 0 bridgehead atoms. The van der Waals surface area contributed by atoms with Crippen LogP contribution in [0.25, 0.3) is 0 Å². The summed E-state index contributed by atoms with van der Waals surface area (Å²) in [7, 11) is -4.42. The summed E-state index contributed by atoms with van der Waals surface area (Å²) >= 11 is 0. The highest BCUT2D eigenvalue weighted by atomic mass is 28.4. The van der Waals surface area contributed by atoms with Crippen LogP contribution in [0, 0.1) is 29.1 Å². The summed E-state index contributed by atoms with van der Waals surface area (Å²) in [6.45, 7) is 12.7. The molecule has 0 fully saturated rings. The Labute approximate surface area is 199 Å². The maximum atomic E-state index is 14.6. The fraction of sp³-hybridized carbons (Fsp3) is 0.760. The van der Waals surface area contributed by atoms with E-state index in [9.17, 15) is 22.0 Å². The molecule has 1 nitrogen and oxygen atoms in total.